The fourth-order valence-corrected chi connectivity index (χ4v) is 4.08. The SMILES string of the molecule is C=Cc1ccc(-c2cc(NC(=O)C3(c4ccc5c(c4)OCO5)CC3)ccc2CO)cc1. The molecule has 5 heteroatoms. The van der Waals surface area contributed by atoms with Crippen LogP contribution in [0.5, 0.6) is 11.5 Å². The van der Waals surface area contributed by atoms with Gasteiger partial charge in [-0.05, 0) is 64.9 Å². The van der Waals surface area contributed by atoms with Gasteiger partial charge in [0, 0.05) is 5.69 Å². The predicted octanol–water partition coefficient (Wildman–Crippen LogP) is 4.89. The van der Waals surface area contributed by atoms with Crippen molar-refractivity contribution in [1.82, 2.24) is 0 Å². The molecule has 0 atom stereocenters. The van der Waals surface area contributed by atoms with Crippen molar-refractivity contribution in [1.29, 1.82) is 0 Å². The Kier molecular flexibility index (Phi) is 4.75. The molecule has 1 amide bonds. The molecule has 1 saturated carbocycles. The lowest BCUT2D eigenvalue weighted by Crippen LogP contribution is -2.27. The number of hydrogen-bond acceptors (Lipinski definition) is 4. The standard InChI is InChI=1S/C26H23NO4/c1-2-17-3-5-18(6-4-17)22-14-21(9-7-19(22)15-28)27-25(29)26(11-12-26)20-8-10-23-24(13-20)31-16-30-23/h2-10,13-14,28H,1,11-12,15-16H2,(H,27,29). The molecule has 5 rings (SSSR count). The van der Waals surface area contributed by atoms with Crippen molar-refractivity contribution in [2.45, 2.75) is 24.9 Å². The Morgan fingerprint density at radius 3 is 2.52 bits per heavy atom. The van der Waals surface area contributed by atoms with E-state index in [9.17, 15) is 9.90 Å². The summed E-state index contributed by atoms with van der Waals surface area (Å²) < 4.78 is 10.9. The molecular formula is C26H23NO4. The first-order valence-corrected chi connectivity index (χ1v) is 10.3. The van der Waals surface area contributed by atoms with Gasteiger partial charge in [-0.3, -0.25) is 4.79 Å². The largest absolute Gasteiger partial charge is 0.454 e. The maximum atomic E-state index is 13.2. The highest BCUT2D eigenvalue weighted by Crippen LogP contribution is 2.51. The van der Waals surface area contributed by atoms with Crippen LogP contribution in [-0.2, 0) is 16.8 Å². The molecule has 156 valence electrons. The van der Waals surface area contributed by atoms with Crippen molar-refractivity contribution in [3.8, 4) is 22.6 Å². The van der Waals surface area contributed by atoms with Gasteiger partial charge < -0.3 is 19.9 Å². The zero-order valence-electron chi connectivity index (χ0n) is 17.1. The third-order valence-corrected chi connectivity index (χ3v) is 6.11. The number of ether oxygens (including phenoxy) is 2. The van der Waals surface area contributed by atoms with Crippen LogP contribution in [0.3, 0.4) is 0 Å². The molecule has 31 heavy (non-hydrogen) atoms. The van der Waals surface area contributed by atoms with Gasteiger partial charge in [0.15, 0.2) is 11.5 Å². The van der Waals surface area contributed by atoms with Crippen molar-refractivity contribution in [3.05, 3.63) is 83.9 Å². The molecular weight excluding hydrogens is 390 g/mol. The fraction of sp³-hybridized carbons (Fsp3) is 0.192. The van der Waals surface area contributed by atoms with Crippen LogP contribution >= 0.6 is 0 Å². The summed E-state index contributed by atoms with van der Waals surface area (Å²) in [6.07, 6.45) is 3.38. The summed E-state index contributed by atoms with van der Waals surface area (Å²) in [7, 11) is 0. The number of rotatable bonds is 6. The second kappa shape index (κ2) is 7.60. The maximum absolute atomic E-state index is 13.2. The first-order chi connectivity index (χ1) is 15.1. The summed E-state index contributed by atoms with van der Waals surface area (Å²) in [6.45, 7) is 3.92. The molecule has 2 aliphatic rings. The highest BCUT2D eigenvalue weighted by Gasteiger charge is 2.51. The average Bonchev–Trinajstić information content (AvgIpc) is 3.50. The van der Waals surface area contributed by atoms with Crippen molar-refractivity contribution < 1.29 is 19.4 Å². The number of benzene rings is 3. The number of anilines is 1. The van der Waals surface area contributed by atoms with E-state index in [-0.39, 0.29) is 19.3 Å². The zero-order valence-corrected chi connectivity index (χ0v) is 17.1. The minimum Gasteiger partial charge on any atom is -0.454 e. The number of aliphatic hydroxyl groups is 1. The molecule has 0 unspecified atom stereocenters. The van der Waals surface area contributed by atoms with E-state index in [2.05, 4.69) is 11.9 Å². The van der Waals surface area contributed by atoms with E-state index in [0.29, 0.717) is 17.2 Å². The summed E-state index contributed by atoms with van der Waals surface area (Å²) >= 11 is 0. The normalized spacial score (nSPS) is 15.4. The number of carbonyl (C=O) groups excluding carboxylic acids is 1. The number of nitrogens with one attached hydrogen (secondary N) is 1. The summed E-state index contributed by atoms with van der Waals surface area (Å²) in [5.41, 5.74) is 4.81. The Bertz CT molecular complexity index is 1160. The number of aliphatic hydroxyl groups excluding tert-OH is 1. The lowest BCUT2D eigenvalue weighted by molar-refractivity contribution is -0.118. The third kappa shape index (κ3) is 3.47. The van der Waals surface area contributed by atoms with Crippen molar-refractivity contribution >= 4 is 17.7 Å². The molecule has 0 saturated heterocycles. The second-order valence-corrected chi connectivity index (χ2v) is 7.96. The molecule has 0 bridgehead atoms. The number of carbonyl (C=O) groups is 1. The van der Waals surface area contributed by atoms with Crippen LogP contribution in [0.25, 0.3) is 17.2 Å². The second-order valence-electron chi connectivity index (χ2n) is 7.96. The van der Waals surface area contributed by atoms with Crippen LogP contribution in [-0.4, -0.2) is 17.8 Å². The van der Waals surface area contributed by atoms with Crippen molar-refractivity contribution in [2.24, 2.45) is 0 Å². The van der Waals surface area contributed by atoms with Crippen molar-refractivity contribution in [3.63, 3.8) is 0 Å². The van der Waals surface area contributed by atoms with Crippen LogP contribution in [0, 0.1) is 0 Å². The van der Waals surface area contributed by atoms with Crippen molar-refractivity contribution in [2.75, 3.05) is 12.1 Å². The Balaban J connectivity index is 1.42. The van der Waals surface area contributed by atoms with Gasteiger partial charge in [-0.2, -0.15) is 0 Å². The van der Waals surface area contributed by atoms with E-state index in [1.807, 2.05) is 60.7 Å². The summed E-state index contributed by atoms with van der Waals surface area (Å²) in [6, 6.07) is 19.3. The summed E-state index contributed by atoms with van der Waals surface area (Å²) in [4.78, 5) is 13.2. The molecule has 1 aliphatic heterocycles. The molecule has 3 aromatic rings. The Morgan fingerprint density at radius 1 is 1.03 bits per heavy atom. The Morgan fingerprint density at radius 2 is 1.81 bits per heavy atom. The lowest BCUT2D eigenvalue weighted by atomic mass is 9.94. The minimum atomic E-state index is -0.539. The smallest absolute Gasteiger partial charge is 0.235 e. The van der Waals surface area contributed by atoms with Gasteiger partial charge in [0.05, 0.1) is 12.0 Å². The summed E-state index contributed by atoms with van der Waals surface area (Å²) in [5, 5.41) is 12.9. The Labute approximate surface area is 180 Å². The molecule has 0 radical (unpaired) electrons. The lowest BCUT2D eigenvalue weighted by Gasteiger charge is -2.18. The van der Waals surface area contributed by atoms with Crippen LogP contribution in [0.1, 0.15) is 29.5 Å². The average molecular weight is 413 g/mol. The number of fused-ring (bicyclic) bond motifs is 1. The van der Waals surface area contributed by atoms with Gasteiger partial charge in [-0.25, -0.2) is 0 Å². The topological polar surface area (TPSA) is 67.8 Å². The number of hydrogen-bond donors (Lipinski definition) is 2. The summed E-state index contributed by atoms with van der Waals surface area (Å²) in [5.74, 6) is 1.37. The molecule has 1 heterocycles. The monoisotopic (exact) mass is 413 g/mol. The minimum absolute atomic E-state index is 0.0314. The highest BCUT2D eigenvalue weighted by atomic mass is 16.7. The van der Waals surface area contributed by atoms with E-state index in [0.717, 1.165) is 40.7 Å². The van der Waals surface area contributed by atoms with Gasteiger partial charge in [-0.1, -0.05) is 49.1 Å². The van der Waals surface area contributed by atoms with Gasteiger partial charge >= 0.3 is 0 Å². The third-order valence-electron chi connectivity index (χ3n) is 6.11. The zero-order chi connectivity index (χ0) is 21.4. The van der Waals surface area contributed by atoms with Gasteiger partial charge in [0.25, 0.3) is 0 Å². The molecule has 3 aromatic carbocycles. The van der Waals surface area contributed by atoms with Crippen LogP contribution in [0.2, 0.25) is 0 Å². The van der Waals surface area contributed by atoms with Gasteiger partial charge in [0.1, 0.15) is 0 Å². The van der Waals surface area contributed by atoms with Crippen LogP contribution < -0.4 is 14.8 Å². The first-order valence-electron chi connectivity index (χ1n) is 10.3. The fourth-order valence-electron chi connectivity index (χ4n) is 4.08. The van der Waals surface area contributed by atoms with E-state index < -0.39 is 5.41 Å². The van der Waals surface area contributed by atoms with E-state index in [1.165, 1.54) is 0 Å². The quantitative estimate of drug-likeness (QED) is 0.604. The molecule has 0 aromatic heterocycles. The predicted molar refractivity (Wildman–Crippen MR) is 120 cm³/mol. The highest BCUT2D eigenvalue weighted by molar-refractivity contribution is 6.02. The molecule has 1 aliphatic carbocycles. The number of amides is 1. The Hall–Kier alpha value is -3.57. The van der Waals surface area contributed by atoms with E-state index in [4.69, 9.17) is 9.47 Å². The van der Waals surface area contributed by atoms with E-state index >= 15 is 0 Å². The maximum Gasteiger partial charge on any atom is 0.235 e. The molecule has 5 nitrogen and oxygen atoms in total. The van der Waals surface area contributed by atoms with Crippen LogP contribution in [0.4, 0.5) is 5.69 Å². The molecule has 2 N–H and O–H groups in total. The molecule has 0 spiro atoms. The van der Waals surface area contributed by atoms with Gasteiger partial charge in [0.2, 0.25) is 12.7 Å². The van der Waals surface area contributed by atoms with Crippen LogP contribution in [0.15, 0.2) is 67.2 Å². The van der Waals surface area contributed by atoms with Gasteiger partial charge in [-0.15, -0.1) is 0 Å². The first kappa shape index (κ1) is 19.4. The van der Waals surface area contributed by atoms with E-state index in [1.54, 1.807) is 6.08 Å². The molecule has 1 fully saturated rings.